The van der Waals surface area contributed by atoms with Gasteiger partial charge < -0.3 is 4.79 Å². The molecule has 1 atom stereocenters. The molecule has 0 aromatic heterocycles. The SMILES string of the molecule is Cc1ccc(C[C@@H](CC=O)c2ccccc2)cc1. The molecule has 0 heterocycles. The number of benzene rings is 2. The van der Waals surface area contributed by atoms with Crippen LogP contribution in [0.4, 0.5) is 0 Å². The van der Waals surface area contributed by atoms with E-state index in [1.807, 2.05) is 18.2 Å². The van der Waals surface area contributed by atoms with Crippen molar-refractivity contribution in [3.05, 3.63) is 71.3 Å². The molecule has 0 aliphatic rings. The monoisotopic (exact) mass is 238 g/mol. The number of aldehydes is 1. The maximum absolute atomic E-state index is 10.8. The van der Waals surface area contributed by atoms with Crippen LogP contribution in [0.5, 0.6) is 0 Å². The summed E-state index contributed by atoms with van der Waals surface area (Å²) >= 11 is 0. The smallest absolute Gasteiger partial charge is 0.120 e. The van der Waals surface area contributed by atoms with Gasteiger partial charge in [-0.25, -0.2) is 0 Å². The molecule has 18 heavy (non-hydrogen) atoms. The third-order valence-electron chi connectivity index (χ3n) is 3.25. The molecule has 0 saturated carbocycles. The standard InChI is InChI=1S/C17H18O/c1-14-7-9-15(10-8-14)13-17(11-12-18)16-5-3-2-4-6-16/h2-10,12,17H,11,13H2,1H3/t17-/m1/s1. The van der Waals surface area contributed by atoms with Gasteiger partial charge in [0.15, 0.2) is 0 Å². The lowest BCUT2D eigenvalue weighted by Gasteiger charge is -2.14. The van der Waals surface area contributed by atoms with Crippen molar-refractivity contribution >= 4 is 6.29 Å². The molecule has 0 amide bonds. The zero-order valence-corrected chi connectivity index (χ0v) is 10.7. The number of hydrogen-bond acceptors (Lipinski definition) is 1. The third-order valence-corrected chi connectivity index (χ3v) is 3.25. The van der Waals surface area contributed by atoms with E-state index in [1.54, 1.807) is 0 Å². The second-order valence-corrected chi connectivity index (χ2v) is 4.70. The highest BCUT2D eigenvalue weighted by molar-refractivity contribution is 5.52. The molecule has 0 fully saturated rings. The van der Waals surface area contributed by atoms with Crippen LogP contribution in [0.3, 0.4) is 0 Å². The van der Waals surface area contributed by atoms with Crippen LogP contribution >= 0.6 is 0 Å². The van der Waals surface area contributed by atoms with Crippen LogP contribution in [0.2, 0.25) is 0 Å². The molecule has 2 rings (SSSR count). The molecular formula is C17H18O. The first-order valence-electron chi connectivity index (χ1n) is 6.33. The van der Waals surface area contributed by atoms with Crippen molar-refractivity contribution in [1.29, 1.82) is 0 Å². The van der Waals surface area contributed by atoms with Crippen molar-refractivity contribution in [2.45, 2.75) is 25.7 Å². The molecule has 92 valence electrons. The maximum Gasteiger partial charge on any atom is 0.120 e. The molecule has 1 heteroatoms. The molecule has 2 aromatic rings. The van der Waals surface area contributed by atoms with E-state index in [1.165, 1.54) is 16.7 Å². The van der Waals surface area contributed by atoms with E-state index in [0.29, 0.717) is 6.42 Å². The Morgan fingerprint density at radius 3 is 2.28 bits per heavy atom. The van der Waals surface area contributed by atoms with Crippen molar-refractivity contribution in [2.24, 2.45) is 0 Å². The van der Waals surface area contributed by atoms with Crippen LogP contribution in [0.1, 0.15) is 29.0 Å². The zero-order valence-electron chi connectivity index (χ0n) is 10.7. The van der Waals surface area contributed by atoms with Gasteiger partial charge in [0, 0.05) is 6.42 Å². The van der Waals surface area contributed by atoms with Crippen LogP contribution in [0.25, 0.3) is 0 Å². The van der Waals surface area contributed by atoms with Gasteiger partial charge >= 0.3 is 0 Å². The summed E-state index contributed by atoms with van der Waals surface area (Å²) in [6.45, 7) is 2.09. The number of hydrogen-bond donors (Lipinski definition) is 0. The van der Waals surface area contributed by atoms with E-state index in [2.05, 4.69) is 43.3 Å². The van der Waals surface area contributed by atoms with Crippen molar-refractivity contribution in [2.75, 3.05) is 0 Å². The van der Waals surface area contributed by atoms with Crippen LogP contribution in [-0.2, 0) is 11.2 Å². The van der Waals surface area contributed by atoms with Gasteiger partial charge in [-0.1, -0.05) is 60.2 Å². The van der Waals surface area contributed by atoms with E-state index in [0.717, 1.165) is 12.7 Å². The lowest BCUT2D eigenvalue weighted by Crippen LogP contribution is -2.03. The van der Waals surface area contributed by atoms with Crippen molar-refractivity contribution in [1.82, 2.24) is 0 Å². The largest absolute Gasteiger partial charge is 0.303 e. The molecule has 0 saturated heterocycles. The fourth-order valence-electron chi connectivity index (χ4n) is 2.19. The second kappa shape index (κ2) is 6.15. The van der Waals surface area contributed by atoms with E-state index in [9.17, 15) is 4.79 Å². The predicted molar refractivity (Wildman–Crippen MR) is 74.7 cm³/mol. The summed E-state index contributed by atoms with van der Waals surface area (Å²) < 4.78 is 0. The molecule has 2 aromatic carbocycles. The second-order valence-electron chi connectivity index (χ2n) is 4.70. The molecule has 0 radical (unpaired) electrons. The number of carbonyl (C=O) groups is 1. The Morgan fingerprint density at radius 1 is 1.00 bits per heavy atom. The summed E-state index contributed by atoms with van der Waals surface area (Å²) in [5.74, 6) is 0.284. The number of aryl methyl sites for hydroxylation is 1. The average Bonchev–Trinajstić information content (AvgIpc) is 2.42. The summed E-state index contributed by atoms with van der Waals surface area (Å²) in [6.07, 6.45) is 2.52. The highest BCUT2D eigenvalue weighted by Gasteiger charge is 2.11. The Bertz CT molecular complexity index is 485. The van der Waals surface area contributed by atoms with Crippen LogP contribution < -0.4 is 0 Å². The lowest BCUT2D eigenvalue weighted by atomic mass is 9.89. The first kappa shape index (κ1) is 12.6. The average molecular weight is 238 g/mol. The quantitative estimate of drug-likeness (QED) is 0.722. The topological polar surface area (TPSA) is 17.1 Å². The maximum atomic E-state index is 10.8. The van der Waals surface area contributed by atoms with Gasteiger partial charge in [-0.15, -0.1) is 0 Å². The minimum absolute atomic E-state index is 0.284. The molecule has 0 bridgehead atoms. The predicted octanol–water partition coefficient (Wildman–Crippen LogP) is 3.91. The molecule has 0 N–H and O–H groups in total. The van der Waals surface area contributed by atoms with Crippen molar-refractivity contribution < 1.29 is 4.79 Å². The minimum Gasteiger partial charge on any atom is -0.303 e. The summed E-state index contributed by atoms with van der Waals surface area (Å²) in [7, 11) is 0. The van der Waals surface area contributed by atoms with Gasteiger partial charge in [0.1, 0.15) is 6.29 Å². The minimum atomic E-state index is 0.284. The van der Waals surface area contributed by atoms with Gasteiger partial charge in [0.25, 0.3) is 0 Å². The van der Waals surface area contributed by atoms with Crippen molar-refractivity contribution in [3.8, 4) is 0 Å². The molecule has 0 unspecified atom stereocenters. The van der Waals surface area contributed by atoms with E-state index in [4.69, 9.17) is 0 Å². The molecule has 0 aliphatic heterocycles. The summed E-state index contributed by atoms with van der Waals surface area (Å²) in [5.41, 5.74) is 3.80. The molecule has 1 nitrogen and oxygen atoms in total. The summed E-state index contributed by atoms with van der Waals surface area (Å²) in [6, 6.07) is 18.8. The summed E-state index contributed by atoms with van der Waals surface area (Å²) in [4.78, 5) is 10.8. The fourth-order valence-corrected chi connectivity index (χ4v) is 2.19. The Balaban J connectivity index is 2.16. The van der Waals surface area contributed by atoms with E-state index < -0.39 is 0 Å². The Labute approximate surface area is 108 Å². The molecule has 0 spiro atoms. The molecule has 0 aliphatic carbocycles. The van der Waals surface area contributed by atoms with E-state index >= 15 is 0 Å². The first-order valence-corrected chi connectivity index (χ1v) is 6.33. The lowest BCUT2D eigenvalue weighted by molar-refractivity contribution is -0.108. The fraction of sp³-hybridized carbons (Fsp3) is 0.235. The molecular weight excluding hydrogens is 220 g/mol. The Hall–Kier alpha value is -1.89. The third kappa shape index (κ3) is 3.30. The van der Waals surface area contributed by atoms with E-state index in [-0.39, 0.29) is 5.92 Å². The van der Waals surface area contributed by atoms with Crippen LogP contribution in [-0.4, -0.2) is 6.29 Å². The van der Waals surface area contributed by atoms with Gasteiger partial charge in [0.05, 0.1) is 0 Å². The van der Waals surface area contributed by atoms with Gasteiger partial charge in [0.2, 0.25) is 0 Å². The normalized spacial score (nSPS) is 12.1. The summed E-state index contributed by atoms with van der Waals surface area (Å²) in [5, 5.41) is 0. The highest BCUT2D eigenvalue weighted by atomic mass is 16.1. The van der Waals surface area contributed by atoms with Gasteiger partial charge in [-0.05, 0) is 30.4 Å². The zero-order chi connectivity index (χ0) is 12.8. The van der Waals surface area contributed by atoms with Gasteiger partial charge in [-0.2, -0.15) is 0 Å². The van der Waals surface area contributed by atoms with Crippen LogP contribution in [0.15, 0.2) is 54.6 Å². The van der Waals surface area contributed by atoms with Crippen LogP contribution in [0, 0.1) is 6.92 Å². The number of carbonyl (C=O) groups excluding carboxylic acids is 1. The Kier molecular flexibility index (Phi) is 4.30. The number of rotatable bonds is 5. The highest BCUT2D eigenvalue weighted by Crippen LogP contribution is 2.23. The first-order chi connectivity index (χ1) is 8.79. The Morgan fingerprint density at radius 2 is 1.67 bits per heavy atom. The van der Waals surface area contributed by atoms with Crippen molar-refractivity contribution in [3.63, 3.8) is 0 Å². The van der Waals surface area contributed by atoms with Gasteiger partial charge in [-0.3, -0.25) is 0 Å².